The average Bonchev–Trinajstić information content (AvgIpc) is 2.63. The van der Waals surface area contributed by atoms with Crippen LogP contribution in [0, 0.1) is 0 Å². The lowest BCUT2D eigenvalue weighted by molar-refractivity contribution is 0.238. The minimum Gasteiger partial charge on any atom is -0.493 e. The van der Waals surface area contributed by atoms with Gasteiger partial charge in [-0.25, -0.2) is 0 Å². The molecule has 150 valence electrons. The predicted octanol–water partition coefficient (Wildman–Crippen LogP) is 5.52. The molecule has 0 saturated carbocycles. The quantitative estimate of drug-likeness (QED) is 0.523. The molecule has 0 spiro atoms. The number of benzene rings is 2. The minimum absolute atomic E-state index is 0. The van der Waals surface area contributed by atoms with Crippen molar-refractivity contribution in [3.8, 4) is 11.5 Å². The molecular weight excluding hydrogens is 432 g/mol. The first-order valence-corrected chi connectivity index (χ1v) is 9.39. The number of ether oxygens (including phenoxy) is 2. The molecular formula is C19H23Cl4NO3. The van der Waals surface area contributed by atoms with Gasteiger partial charge in [0.2, 0.25) is 0 Å². The normalized spacial score (nSPS) is 11.6. The van der Waals surface area contributed by atoms with Crippen LogP contribution >= 0.6 is 47.2 Å². The fourth-order valence-corrected chi connectivity index (χ4v) is 3.06. The molecule has 0 bridgehead atoms. The van der Waals surface area contributed by atoms with E-state index in [2.05, 4.69) is 5.32 Å². The van der Waals surface area contributed by atoms with Crippen molar-refractivity contribution in [2.75, 3.05) is 13.7 Å². The van der Waals surface area contributed by atoms with Crippen LogP contribution in [0.4, 0.5) is 0 Å². The van der Waals surface area contributed by atoms with Gasteiger partial charge in [0.25, 0.3) is 0 Å². The van der Waals surface area contributed by atoms with Gasteiger partial charge in [-0.3, -0.25) is 0 Å². The summed E-state index contributed by atoms with van der Waals surface area (Å²) in [6.45, 7) is 2.88. The van der Waals surface area contributed by atoms with E-state index in [1.165, 1.54) is 0 Å². The largest absolute Gasteiger partial charge is 0.493 e. The molecule has 2 N–H and O–H groups in total. The second-order valence-corrected chi connectivity index (χ2v) is 7.04. The zero-order valence-electron chi connectivity index (χ0n) is 15.1. The second kappa shape index (κ2) is 11.8. The number of halogens is 4. The smallest absolute Gasteiger partial charge is 0.163 e. The molecule has 4 nitrogen and oxygen atoms in total. The Kier molecular flexibility index (Phi) is 10.6. The summed E-state index contributed by atoms with van der Waals surface area (Å²) < 4.78 is 11.3. The highest BCUT2D eigenvalue weighted by molar-refractivity contribution is 6.35. The Morgan fingerprint density at radius 1 is 1.04 bits per heavy atom. The molecule has 1 unspecified atom stereocenters. The number of nitrogens with one attached hydrogen (secondary N) is 1. The van der Waals surface area contributed by atoms with E-state index in [1.807, 2.05) is 19.1 Å². The van der Waals surface area contributed by atoms with Crippen LogP contribution in [0.3, 0.4) is 0 Å². The van der Waals surface area contributed by atoms with Gasteiger partial charge in [0, 0.05) is 39.3 Å². The first-order chi connectivity index (χ1) is 12.5. The van der Waals surface area contributed by atoms with E-state index in [-0.39, 0.29) is 31.7 Å². The third kappa shape index (κ3) is 6.90. The summed E-state index contributed by atoms with van der Waals surface area (Å²) in [7, 11) is 1.57. The SMILES string of the molecule is CCC(CO)NCc1cc(OC)c(OCc2ccc(Cl)cc2Cl)cc1Cl.Cl. The number of aliphatic hydroxyl groups excluding tert-OH is 1. The molecule has 2 aromatic carbocycles. The Bertz CT molecular complexity index is 739. The van der Waals surface area contributed by atoms with Crippen LogP contribution in [0.2, 0.25) is 15.1 Å². The maximum atomic E-state index is 9.28. The Hall–Kier alpha value is -0.880. The van der Waals surface area contributed by atoms with Crippen LogP contribution in [0.25, 0.3) is 0 Å². The molecule has 0 aliphatic heterocycles. The van der Waals surface area contributed by atoms with E-state index in [0.717, 1.165) is 17.5 Å². The van der Waals surface area contributed by atoms with Gasteiger partial charge in [-0.15, -0.1) is 12.4 Å². The highest BCUT2D eigenvalue weighted by atomic mass is 35.5. The van der Waals surface area contributed by atoms with Gasteiger partial charge in [0.05, 0.1) is 13.7 Å². The number of hydrogen-bond donors (Lipinski definition) is 2. The lowest BCUT2D eigenvalue weighted by Gasteiger charge is -2.17. The molecule has 0 aromatic heterocycles. The molecule has 0 heterocycles. The van der Waals surface area contributed by atoms with Gasteiger partial charge in [-0.1, -0.05) is 47.8 Å². The zero-order valence-corrected chi connectivity index (χ0v) is 18.2. The van der Waals surface area contributed by atoms with Crippen molar-refractivity contribution in [3.63, 3.8) is 0 Å². The van der Waals surface area contributed by atoms with E-state index in [0.29, 0.717) is 33.1 Å². The summed E-state index contributed by atoms with van der Waals surface area (Å²) in [6.07, 6.45) is 0.828. The fourth-order valence-electron chi connectivity index (χ4n) is 2.37. The van der Waals surface area contributed by atoms with Crippen molar-refractivity contribution < 1.29 is 14.6 Å². The summed E-state index contributed by atoms with van der Waals surface area (Å²) in [4.78, 5) is 0. The van der Waals surface area contributed by atoms with Crippen molar-refractivity contribution in [2.45, 2.75) is 32.5 Å². The molecule has 0 aliphatic rings. The molecule has 1 atom stereocenters. The van der Waals surface area contributed by atoms with Crippen LogP contribution < -0.4 is 14.8 Å². The molecule has 27 heavy (non-hydrogen) atoms. The molecule has 2 rings (SSSR count). The monoisotopic (exact) mass is 453 g/mol. The summed E-state index contributed by atoms with van der Waals surface area (Å²) in [5.74, 6) is 1.11. The molecule has 0 fully saturated rings. The first-order valence-electron chi connectivity index (χ1n) is 8.25. The van der Waals surface area contributed by atoms with Crippen molar-refractivity contribution in [3.05, 3.63) is 56.5 Å². The lowest BCUT2D eigenvalue weighted by Crippen LogP contribution is -2.31. The topological polar surface area (TPSA) is 50.7 Å². The highest BCUT2D eigenvalue weighted by Crippen LogP contribution is 2.34. The van der Waals surface area contributed by atoms with E-state index in [4.69, 9.17) is 44.3 Å². The third-order valence-electron chi connectivity index (χ3n) is 4.03. The summed E-state index contributed by atoms with van der Waals surface area (Å²) in [5, 5.41) is 14.2. The van der Waals surface area contributed by atoms with Gasteiger partial charge < -0.3 is 19.9 Å². The van der Waals surface area contributed by atoms with E-state index in [9.17, 15) is 5.11 Å². The van der Waals surface area contributed by atoms with Gasteiger partial charge in [-0.05, 0) is 30.2 Å². The molecule has 8 heteroatoms. The average molecular weight is 455 g/mol. The number of rotatable bonds is 9. The Morgan fingerprint density at radius 3 is 2.33 bits per heavy atom. The highest BCUT2D eigenvalue weighted by Gasteiger charge is 2.13. The van der Waals surface area contributed by atoms with Gasteiger partial charge in [0.1, 0.15) is 6.61 Å². The Balaban J connectivity index is 0.00000364. The van der Waals surface area contributed by atoms with Crippen LogP contribution in [-0.4, -0.2) is 24.9 Å². The van der Waals surface area contributed by atoms with Crippen LogP contribution in [0.1, 0.15) is 24.5 Å². The molecule has 0 saturated heterocycles. The zero-order chi connectivity index (χ0) is 19.1. The minimum atomic E-state index is 0. The number of methoxy groups -OCH3 is 1. The van der Waals surface area contributed by atoms with Crippen molar-refractivity contribution >= 4 is 47.2 Å². The van der Waals surface area contributed by atoms with Crippen LogP contribution in [0.15, 0.2) is 30.3 Å². The van der Waals surface area contributed by atoms with E-state index in [1.54, 1.807) is 25.3 Å². The van der Waals surface area contributed by atoms with Crippen molar-refractivity contribution in [1.82, 2.24) is 5.32 Å². The van der Waals surface area contributed by atoms with Crippen LogP contribution in [0.5, 0.6) is 11.5 Å². The Labute approximate surface area is 181 Å². The predicted molar refractivity (Wildman–Crippen MR) is 114 cm³/mol. The molecule has 2 aromatic rings. The first kappa shape index (κ1) is 24.2. The van der Waals surface area contributed by atoms with Crippen molar-refractivity contribution in [2.24, 2.45) is 0 Å². The van der Waals surface area contributed by atoms with Gasteiger partial charge >= 0.3 is 0 Å². The van der Waals surface area contributed by atoms with Crippen molar-refractivity contribution in [1.29, 1.82) is 0 Å². The number of hydrogen-bond acceptors (Lipinski definition) is 4. The maximum absolute atomic E-state index is 9.28. The summed E-state index contributed by atoms with van der Waals surface area (Å²) in [6, 6.07) is 8.83. The molecule has 0 radical (unpaired) electrons. The lowest BCUT2D eigenvalue weighted by atomic mass is 10.1. The standard InChI is InChI=1S/C19H22Cl3NO3.ClH/c1-3-15(10-24)23-9-13-6-18(25-2)19(8-17(13)22)26-11-12-4-5-14(20)7-16(12)21;/h4-8,15,23-24H,3,9-11H2,1-2H3;1H. The summed E-state index contributed by atoms with van der Waals surface area (Å²) in [5.41, 5.74) is 1.68. The maximum Gasteiger partial charge on any atom is 0.163 e. The number of aliphatic hydroxyl groups is 1. The van der Waals surface area contributed by atoms with Gasteiger partial charge in [0.15, 0.2) is 11.5 Å². The molecule has 0 aliphatic carbocycles. The van der Waals surface area contributed by atoms with Gasteiger partial charge in [-0.2, -0.15) is 0 Å². The van der Waals surface area contributed by atoms with Crippen LogP contribution in [-0.2, 0) is 13.2 Å². The van der Waals surface area contributed by atoms with E-state index >= 15 is 0 Å². The van der Waals surface area contributed by atoms with E-state index < -0.39 is 0 Å². The molecule has 0 amide bonds. The third-order valence-corrected chi connectivity index (χ3v) is 4.96. The fraction of sp³-hybridized carbons (Fsp3) is 0.368. The second-order valence-electron chi connectivity index (χ2n) is 5.79. The Morgan fingerprint density at radius 2 is 1.74 bits per heavy atom. The summed E-state index contributed by atoms with van der Waals surface area (Å²) >= 11 is 18.5.